The molecule has 5 heteroatoms. The summed E-state index contributed by atoms with van der Waals surface area (Å²) < 4.78 is 5.45. The molecule has 166 valence electrons. The maximum atomic E-state index is 12.4. The van der Waals surface area contributed by atoms with E-state index in [-0.39, 0.29) is 6.09 Å². The molecule has 2 aromatic carbocycles. The summed E-state index contributed by atoms with van der Waals surface area (Å²) in [6, 6.07) is 21.3. The van der Waals surface area contributed by atoms with E-state index in [1.807, 2.05) is 25.4 Å². The van der Waals surface area contributed by atoms with Crippen molar-refractivity contribution in [2.75, 3.05) is 31.6 Å². The first-order chi connectivity index (χ1) is 15.7. The van der Waals surface area contributed by atoms with Gasteiger partial charge >= 0.3 is 6.09 Å². The number of fused-ring (bicyclic) bond motifs is 2. The third-order valence-corrected chi connectivity index (χ3v) is 5.97. The van der Waals surface area contributed by atoms with Crippen LogP contribution in [0.5, 0.6) is 0 Å². The van der Waals surface area contributed by atoms with Gasteiger partial charge in [0.2, 0.25) is 0 Å². The van der Waals surface area contributed by atoms with Crippen molar-refractivity contribution in [1.82, 2.24) is 9.88 Å². The first-order valence-electron chi connectivity index (χ1n) is 11.4. The molecular weight excluding hydrogens is 398 g/mol. The van der Waals surface area contributed by atoms with E-state index in [1.54, 1.807) is 11.1 Å². The average molecular weight is 430 g/mol. The number of nitrogens with zero attached hydrogens (tertiary/aromatic N) is 3. The lowest BCUT2D eigenvalue weighted by atomic mass is 10.0. The van der Waals surface area contributed by atoms with Crippen LogP contribution in [0, 0.1) is 0 Å². The van der Waals surface area contributed by atoms with Crippen molar-refractivity contribution in [3.05, 3.63) is 89.7 Å². The summed E-state index contributed by atoms with van der Waals surface area (Å²) in [4.78, 5) is 20.6. The molecule has 0 saturated carbocycles. The molecule has 0 radical (unpaired) electrons. The SMILES string of the molecule is CN(CCCN1c2ccccc2CCc2ccccc21)C(=O)OCCCc1cccnc1. The standard InChI is InChI=1S/C27H31N3O2/c1-29(27(31)32-20-7-10-22-9-6-17-28-21-22)18-8-19-30-25-13-4-2-11-23(25)15-16-24-12-3-5-14-26(24)30/h2-6,9,11-14,17,21H,7-8,10,15-16,18-20H2,1H3. The molecule has 0 aliphatic carbocycles. The molecule has 0 bridgehead atoms. The fourth-order valence-electron chi connectivity index (χ4n) is 4.26. The zero-order valence-corrected chi connectivity index (χ0v) is 18.7. The van der Waals surface area contributed by atoms with E-state index in [0.29, 0.717) is 13.2 Å². The lowest BCUT2D eigenvalue weighted by Crippen LogP contribution is -2.31. The van der Waals surface area contributed by atoms with Gasteiger partial charge < -0.3 is 14.5 Å². The largest absolute Gasteiger partial charge is 0.449 e. The second kappa shape index (κ2) is 10.8. The minimum absolute atomic E-state index is 0.257. The van der Waals surface area contributed by atoms with Crippen molar-refractivity contribution in [3.63, 3.8) is 0 Å². The van der Waals surface area contributed by atoms with Gasteiger partial charge in [-0.05, 0) is 67.0 Å². The Morgan fingerprint density at radius 3 is 2.31 bits per heavy atom. The normalized spacial score (nSPS) is 12.5. The first-order valence-corrected chi connectivity index (χ1v) is 11.4. The molecule has 0 atom stereocenters. The molecule has 1 aliphatic heterocycles. The number of ether oxygens (including phenoxy) is 1. The number of hydrogen-bond donors (Lipinski definition) is 0. The molecule has 1 aliphatic rings. The number of carbonyl (C=O) groups is 1. The Morgan fingerprint density at radius 1 is 0.969 bits per heavy atom. The van der Waals surface area contributed by atoms with Crippen molar-refractivity contribution in [1.29, 1.82) is 0 Å². The van der Waals surface area contributed by atoms with E-state index in [1.165, 1.54) is 22.5 Å². The average Bonchev–Trinajstić information content (AvgIpc) is 2.99. The fraction of sp³-hybridized carbons (Fsp3) is 0.333. The van der Waals surface area contributed by atoms with Crippen LogP contribution in [0.15, 0.2) is 73.1 Å². The second-order valence-corrected chi connectivity index (χ2v) is 8.26. The number of hydrogen-bond acceptors (Lipinski definition) is 4. The van der Waals surface area contributed by atoms with Gasteiger partial charge in [-0.15, -0.1) is 0 Å². The number of pyridine rings is 1. The maximum Gasteiger partial charge on any atom is 0.409 e. The molecule has 1 aromatic heterocycles. The Labute approximate surface area is 190 Å². The van der Waals surface area contributed by atoms with Crippen LogP contribution >= 0.6 is 0 Å². The van der Waals surface area contributed by atoms with Crippen LogP contribution in [-0.2, 0) is 24.0 Å². The van der Waals surface area contributed by atoms with E-state index in [2.05, 4.69) is 58.4 Å². The number of rotatable bonds is 8. The van der Waals surface area contributed by atoms with Crippen molar-refractivity contribution < 1.29 is 9.53 Å². The zero-order valence-electron chi connectivity index (χ0n) is 18.7. The molecule has 5 nitrogen and oxygen atoms in total. The highest BCUT2D eigenvalue weighted by Crippen LogP contribution is 2.35. The molecular formula is C27H31N3O2. The van der Waals surface area contributed by atoms with Gasteiger partial charge in [0.15, 0.2) is 0 Å². The fourth-order valence-corrected chi connectivity index (χ4v) is 4.26. The van der Waals surface area contributed by atoms with Crippen LogP contribution in [0.2, 0.25) is 0 Å². The summed E-state index contributed by atoms with van der Waals surface area (Å²) >= 11 is 0. The minimum Gasteiger partial charge on any atom is -0.449 e. The van der Waals surface area contributed by atoms with Gasteiger partial charge in [-0.1, -0.05) is 42.5 Å². The van der Waals surface area contributed by atoms with Gasteiger partial charge in [0, 0.05) is 43.9 Å². The number of para-hydroxylation sites is 2. The Bertz CT molecular complexity index is 975. The molecule has 3 aromatic rings. The van der Waals surface area contributed by atoms with E-state index in [0.717, 1.165) is 44.2 Å². The van der Waals surface area contributed by atoms with E-state index >= 15 is 0 Å². The van der Waals surface area contributed by atoms with Crippen LogP contribution in [0.1, 0.15) is 29.5 Å². The Hall–Kier alpha value is -3.34. The summed E-state index contributed by atoms with van der Waals surface area (Å²) in [5, 5.41) is 0. The van der Waals surface area contributed by atoms with Gasteiger partial charge in [0.25, 0.3) is 0 Å². The van der Waals surface area contributed by atoms with Gasteiger partial charge in [0.1, 0.15) is 0 Å². The van der Waals surface area contributed by atoms with Crippen LogP contribution < -0.4 is 4.90 Å². The monoisotopic (exact) mass is 429 g/mol. The predicted molar refractivity (Wildman–Crippen MR) is 128 cm³/mol. The molecule has 32 heavy (non-hydrogen) atoms. The number of benzene rings is 2. The highest BCUT2D eigenvalue weighted by molar-refractivity contribution is 5.71. The molecule has 0 unspecified atom stereocenters. The molecule has 4 rings (SSSR count). The molecule has 0 spiro atoms. The van der Waals surface area contributed by atoms with Gasteiger partial charge in [-0.25, -0.2) is 4.79 Å². The van der Waals surface area contributed by atoms with Gasteiger partial charge in [-0.2, -0.15) is 0 Å². The molecule has 0 N–H and O–H groups in total. The number of amides is 1. The number of carbonyl (C=O) groups excluding carboxylic acids is 1. The smallest absolute Gasteiger partial charge is 0.409 e. The highest BCUT2D eigenvalue weighted by atomic mass is 16.6. The predicted octanol–water partition coefficient (Wildman–Crippen LogP) is 5.41. The van der Waals surface area contributed by atoms with Crippen LogP contribution in [0.3, 0.4) is 0 Å². The van der Waals surface area contributed by atoms with E-state index in [4.69, 9.17) is 4.74 Å². The summed E-state index contributed by atoms with van der Waals surface area (Å²) in [6.45, 7) is 1.93. The number of aryl methyl sites for hydroxylation is 3. The summed E-state index contributed by atoms with van der Waals surface area (Å²) in [6.07, 6.45) is 7.99. The highest BCUT2D eigenvalue weighted by Gasteiger charge is 2.20. The summed E-state index contributed by atoms with van der Waals surface area (Å²) in [5.41, 5.74) is 6.47. The molecule has 2 heterocycles. The van der Waals surface area contributed by atoms with Crippen molar-refractivity contribution >= 4 is 17.5 Å². The first kappa shape index (κ1) is 21.9. The lowest BCUT2D eigenvalue weighted by Gasteiger charge is -2.28. The van der Waals surface area contributed by atoms with E-state index in [9.17, 15) is 4.79 Å². The van der Waals surface area contributed by atoms with Gasteiger partial charge in [-0.3, -0.25) is 4.98 Å². The Morgan fingerprint density at radius 2 is 1.66 bits per heavy atom. The molecule has 1 amide bonds. The number of aromatic nitrogens is 1. The van der Waals surface area contributed by atoms with Crippen LogP contribution in [0.4, 0.5) is 16.2 Å². The van der Waals surface area contributed by atoms with Crippen LogP contribution in [0.25, 0.3) is 0 Å². The summed E-state index contributed by atoms with van der Waals surface area (Å²) in [5.74, 6) is 0. The topological polar surface area (TPSA) is 45.7 Å². The zero-order chi connectivity index (χ0) is 22.2. The third kappa shape index (κ3) is 5.47. The van der Waals surface area contributed by atoms with E-state index < -0.39 is 0 Å². The minimum atomic E-state index is -0.257. The molecule has 0 fully saturated rings. The quantitative estimate of drug-likeness (QED) is 0.449. The molecule has 0 saturated heterocycles. The van der Waals surface area contributed by atoms with Crippen molar-refractivity contribution in [2.24, 2.45) is 0 Å². The summed E-state index contributed by atoms with van der Waals surface area (Å²) in [7, 11) is 1.81. The Balaban J connectivity index is 1.28. The second-order valence-electron chi connectivity index (χ2n) is 8.26. The lowest BCUT2D eigenvalue weighted by molar-refractivity contribution is 0.110. The van der Waals surface area contributed by atoms with Gasteiger partial charge in [0.05, 0.1) is 6.61 Å². The maximum absolute atomic E-state index is 12.4. The Kier molecular flexibility index (Phi) is 7.38. The van der Waals surface area contributed by atoms with Crippen molar-refractivity contribution in [3.8, 4) is 0 Å². The van der Waals surface area contributed by atoms with Crippen molar-refractivity contribution in [2.45, 2.75) is 32.1 Å². The third-order valence-electron chi connectivity index (χ3n) is 5.97. The van der Waals surface area contributed by atoms with Crippen LogP contribution in [-0.4, -0.2) is 42.7 Å². The number of anilines is 2.